The smallest absolute Gasteiger partial charge is 0.203 e. The Kier molecular flexibility index (Phi) is 3.56. The van der Waals surface area contributed by atoms with Crippen molar-refractivity contribution in [2.45, 2.75) is 10.1 Å². The molecule has 0 amide bonds. The van der Waals surface area contributed by atoms with E-state index in [4.69, 9.17) is 11.0 Å². The maximum Gasteiger partial charge on any atom is 0.203 e. The van der Waals surface area contributed by atoms with Crippen LogP contribution in [0.4, 0.5) is 9.52 Å². The van der Waals surface area contributed by atoms with Crippen LogP contribution in [-0.2, 0) is 5.75 Å². The first-order valence-corrected chi connectivity index (χ1v) is 6.39. The molecule has 0 bridgehead atoms. The van der Waals surface area contributed by atoms with Gasteiger partial charge in [-0.25, -0.2) is 4.39 Å². The van der Waals surface area contributed by atoms with E-state index in [1.807, 2.05) is 6.07 Å². The summed E-state index contributed by atoms with van der Waals surface area (Å²) in [4.78, 5) is 0. The Bertz CT molecular complexity index is 576. The Morgan fingerprint density at radius 1 is 1.47 bits per heavy atom. The van der Waals surface area contributed by atoms with Gasteiger partial charge in [-0.15, -0.1) is 10.2 Å². The summed E-state index contributed by atoms with van der Waals surface area (Å²) < 4.78 is 14.1. The van der Waals surface area contributed by atoms with Gasteiger partial charge < -0.3 is 5.73 Å². The molecule has 1 aromatic heterocycles. The molecule has 0 aliphatic rings. The Balaban J connectivity index is 2.11. The van der Waals surface area contributed by atoms with Crippen molar-refractivity contribution in [3.8, 4) is 6.07 Å². The van der Waals surface area contributed by atoms with Gasteiger partial charge in [0, 0.05) is 5.75 Å². The van der Waals surface area contributed by atoms with E-state index < -0.39 is 0 Å². The molecule has 2 rings (SSSR count). The van der Waals surface area contributed by atoms with Gasteiger partial charge in [0.1, 0.15) is 5.82 Å². The fourth-order valence-electron chi connectivity index (χ4n) is 1.17. The Labute approximate surface area is 105 Å². The molecule has 1 heterocycles. The Morgan fingerprint density at radius 3 is 2.94 bits per heavy atom. The fourth-order valence-corrected chi connectivity index (χ4v) is 2.78. The number of hydrogen-bond acceptors (Lipinski definition) is 6. The van der Waals surface area contributed by atoms with Crippen molar-refractivity contribution in [1.82, 2.24) is 10.2 Å². The van der Waals surface area contributed by atoms with Gasteiger partial charge >= 0.3 is 0 Å². The minimum Gasteiger partial charge on any atom is -0.374 e. The first-order valence-electron chi connectivity index (χ1n) is 4.59. The summed E-state index contributed by atoms with van der Waals surface area (Å²) in [5, 5.41) is 16.6. The first-order chi connectivity index (χ1) is 8.19. The second kappa shape index (κ2) is 5.12. The van der Waals surface area contributed by atoms with Crippen LogP contribution < -0.4 is 5.73 Å². The van der Waals surface area contributed by atoms with Crippen LogP contribution in [0.15, 0.2) is 22.5 Å². The van der Waals surface area contributed by atoms with Gasteiger partial charge in [0.15, 0.2) is 4.34 Å². The number of rotatable bonds is 3. The molecule has 2 aromatic rings. The number of benzene rings is 1. The lowest BCUT2D eigenvalue weighted by Gasteiger charge is -2.01. The largest absolute Gasteiger partial charge is 0.374 e. The van der Waals surface area contributed by atoms with Crippen molar-refractivity contribution < 1.29 is 4.39 Å². The summed E-state index contributed by atoms with van der Waals surface area (Å²) in [6.45, 7) is 0. The van der Waals surface area contributed by atoms with Crippen LogP contribution in [-0.4, -0.2) is 10.2 Å². The molecule has 7 heteroatoms. The zero-order valence-corrected chi connectivity index (χ0v) is 10.2. The molecule has 0 spiro atoms. The molecule has 0 aliphatic heterocycles. The van der Waals surface area contributed by atoms with Crippen molar-refractivity contribution in [3.05, 3.63) is 35.1 Å². The molecular formula is C10H7FN4S2. The number of nitrogens with zero attached hydrogens (tertiary/aromatic N) is 3. The van der Waals surface area contributed by atoms with Crippen LogP contribution in [0.2, 0.25) is 0 Å². The van der Waals surface area contributed by atoms with Gasteiger partial charge in [-0.2, -0.15) is 5.26 Å². The summed E-state index contributed by atoms with van der Waals surface area (Å²) >= 11 is 2.60. The third kappa shape index (κ3) is 2.93. The maximum absolute atomic E-state index is 13.4. The number of anilines is 1. The van der Waals surface area contributed by atoms with Gasteiger partial charge in [0.2, 0.25) is 5.13 Å². The molecule has 2 N–H and O–H groups in total. The number of nitrogens with two attached hydrogens (primary N) is 1. The normalized spacial score (nSPS) is 10.1. The highest BCUT2D eigenvalue weighted by atomic mass is 32.2. The van der Waals surface area contributed by atoms with Crippen LogP contribution in [0.25, 0.3) is 0 Å². The second-order valence-corrected chi connectivity index (χ2v) is 5.34. The fraction of sp³-hybridized carbons (Fsp3) is 0.100. The van der Waals surface area contributed by atoms with E-state index in [0.717, 1.165) is 0 Å². The Morgan fingerprint density at radius 2 is 2.29 bits per heavy atom. The van der Waals surface area contributed by atoms with Crippen molar-refractivity contribution in [3.63, 3.8) is 0 Å². The molecule has 1 aromatic carbocycles. The molecule has 86 valence electrons. The first kappa shape index (κ1) is 11.8. The zero-order valence-electron chi connectivity index (χ0n) is 8.55. The van der Waals surface area contributed by atoms with Gasteiger partial charge in [-0.3, -0.25) is 0 Å². The number of nitrogen functional groups attached to an aromatic ring is 1. The predicted molar refractivity (Wildman–Crippen MR) is 65.0 cm³/mol. The second-order valence-electron chi connectivity index (χ2n) is 3.11. The van der Waals surface area contributed by atoms with Crippen LogP contribution >= 0.6 is 23.1 Å². The van der Waals surface area contributed by atoms with Crippen LogP contribution in [0.1, 0.15) is 11.1 Å². The van der Waals surface area contributed by atoms with E-state index in [1.165, 1.54) is 41.3 Å². The summed E-state index contributed by atoms with van der Waals surface area (Å²) in [5.74, 6) is 0.0738. The van der Waals surface area contributed by atoms with Gasteiger partial charge in [-0.05, 0) is 23.8 Å². The lowest BCUT2D eigenvalue weighted by atomic mass is 10.1. The summed E-state index contributed by atoms with van der Waals surface area (Å²) in [6.07, 6.45) is 0. The van der Waals surface area contributed by atoms with Crippen LogP contribution in [0.5, 0.6) is 0 Å². The van der Waals surface area contributed by atoms with E-state index in [1.54, 1.807) is 0 Å². The highest BCUT2D eigenvalue weighted by molar-refractivity contribution is 8.00. The number of thioether (sulfide) groups is 1. The van der Waals surface area contributed by atoms with Crippen LogP contribution in [0, 0.1) is 17.1 Å². The van der Waals surface area contributed by atoms with Gasteiger partial charge in [0.25, 0.3) is 0 Å². The minimum atomic E-state index is -0.325. The Hall–Kier alpha value is -1.65. The van der Waals surface area contributed by atoms with E-state index in [0.29, 0.717) is 26.4 Å². The number of nitriles is 1. The van der Waals surface area contributed by atoms with Crippen molar-refractivity contribution in [2.24, 2.45) is 0 Å². The molecule has 4 nitrogen and oxygen atoms in total. The number of aromatic nitrogens is 2. The predicted octanol–water partition coefficient (Wildman–Crippen LogP) is 2.42. The molecule has 17 heavy (non-hydrogen) atoms. The maximum atomic E-state index is 13.4. The van der Waals surface area contributed by atoms with Crippen molar-refractivity contribution in [2.75, 3.05) is 5.73 Å². The SMILES string of the molecule is N#Cc1ccc(F)c(CSc2nnc(N)s2)c1. The molecule has 0 unspecified atom stereocenters. The highest BCUT2D eigenvalue weighted by Crippen LogP contribution is 2.27. The zero-order chi connectivity index (χ0) is 12.3. The van der Waals surface area contributed by atoms with Gasteiger partial charge in [-0.1, -0.05) is 23.1 Å². The molecule has 0 aliphatic carbocycles. The minimum absolute atomic E-state index is 0.325. The average molecular weight is 266 g/mol. The quantitative estimate of drug-likeness (QED) is 0.863. The molecule has 0 saturated heterocycles. The van der Waals surface area contributed by atoms with E-state index in [2.05, 4.69) is 10.2 Å². The average Bonchev–Trinajstić information content (AvgIpc) is 2.74. The topological polar surface area (TPSA) is 75.6 Å². The lowest BCUT2D eigenvalue weighted by molar-refractivity contribution is 0.617. The third-order valence-electron chi connectivity index (χ3n) is 1.95. The molecule has 0 atom stereocenters. The molecule has 0 fully saturated rings. The van der Waals surface area contributed by atoms with Crippen LogP contribution in [0.3, 0.4) is 0 Å². The molecule has 0 saturated carbocycles. The highest BCUT2D eigenvalue weighted by Gasteiger charge is 2.07. The van der Waals surface area contributed by atoms with Gasteiger partial charge in [0.05, 0.1) is 11.6 Å². The van der Waals surface area contributed by atoms with Crippen molar-refractivity contribution >= 4 is 28.2 Å². The van der Waals surface area contributed by atoms with E-state index in [9.17, 15) is 4.39 Å². The number of hydrogen-bond donors (Lipinski definition) is 1. The third-order valence-corrected chi connectivity index (χ3v) is 3.88. The summed E-state index contributed by atoms with van der Waals surface area (Å²) in [5.41, 5.74) is 6.36. The number of halogens is 1. The molecular weight excluding hydrogens is 259 g/mol. The standard InChI is InChI=1S/C10H7FN4S2/c11-8-2-1-6(4-12)3-7(8)5-16-10-15-14-9(13)17-10/h1-3H,5H2,(H2,13,14). The molecule has 0 radical (unpaired) electrons. The summed E-state index contributed by atoms with van der Waals surface area (Å²) in [6, 6.07) is 6.26. The van der Waals surface area contributed by atoms with E-state index in [-0.39, 0.29) is 5.82 Å². The monoisotopic (exact) mass is 266 g/mol. The lowest BCUT2D eigenvalue weighted by Crippen LogP contribution is -1.89. The summed E-state index contributed by atoms with van der Waals surface area (Å²) in [7, 11) is 0. The van der Waals surface area contributed by atoms with E-state index >= 15 is 0 Å². The van der Waals surface area contributed by atoms with Crippen molar-refractivity contribution in [1.29, 1.82) is 5.26 Å².